The Bertz CT molecular complexity index is 534. The predicted molar refractivity (Wildman–Crippen MR) is 89.0 cm³/mol. The number of hydrogen-bond donors (Lipinski definition) is 0. The third-order valence-electron chi connectivity index (χ3n) is 9.24. The Labute approximate surface area is 135 Å². The molecule has 0 amide bonds. The normalized spacial score (nSPS) is 55.7. The summed E-state index contributed by atoms with van der Waals surface area (Å²) in [4.78, 5) is 0. The van der Waals surface area contributed by atoms with Crippen molar-refractivity contribution in [2.24, 2.45) is 40.4 Å². The Balaban J connectivity index is 1.47. The lowest BCUT2D eigenvalue weighted by atomic mass is 9.45. The van der Waals surface area contributed by atoms with E-state index in [0.29, 0.717) is 10.8 Å². The maximum Gasteiger partial charge on any atom is 0.142 e. The second kappa shape index (κ2) is 4.33. The van der Waals surface area contributed by atoms with Crippen LogP contribution in [-0.2, 0) is 4.74 Å². The molecule has 4 aliphatic carbocycles. The van der Waals surface area contributed by atoms with Gasteiger partial charge < -0.3 is 4.74 Å². The van der Waals surface area contributed by atoms with Gasteiger partial charge in [-0.2, -0.15) is 0 Å². The Kier molecular flexibility index (Phi) is 2.74. The molecule has 0 aromatic rings. The molecule has 1 unspecified atom stereocenters. The van der Waals surface area contributed by atoms with Crippen LogP contribution in [0.2, 0.25) is 0 Å². The summed E-state index contributed by atoms with van der Waals surface area (Å²) in [6, 6.07) is 0. The van der Waals surface area contributed by atoms with Crippen LogP contribution in [0.4, 0.5) is 0 Å². The standard InChI is InChI=1S/C21H32O/c1-4-13-6-8-16-15-7-5-14-11-18-19(22-18)12-21(14,3)17(15)9-10-20(13,16)2/h13-17H,4-12H2,1-3H3/t13-,14?,15-,16-,17-,20+,21-/m0/s1. The van der Waals surface area contributed by atoms with Crippen molar-refractivity contribution in [1.82, 2.24) is 0 Å². The van der Waals surface area contributed by atoms with E-state index in [1.165, 1.54) is 69.3 Å². The quantitative estimate of drug-likeness (QED) is 0.586. The summed E-state index contributed by atoms with van der Waals surface area (Å²) in [6.07, 6.45) is 13.0. The highest BCUT2D eigenvalue weighted by Crippen LogP contribution is 2.69. The average molecular weight is 300 g/mol. The molecule has 0 saturated heterocycles. The number of allylic oxidation sites excluding steroid dienone is 2. The monoisotopic (exact) mass is 300 g/mol. The van der Waals surface area contributed by atoms with Crippen molar-refractivity contribution in [3.63, 3.8) is 0 Å². The molecule has 0 radical (unpaired) electrons. The van der Waals surface area contributed by atoms with Crippen LogP contribution in [0.25, 0.3) is 0 Å². The average Bonchev–Trinajstić information content (AvgIpc) is 3.14. The minimum Gasteiger partial charge on any atom is -0.459 e. The molecule has 7 atom stereocenters. The molecule has 5 aliphatic rings. The number of fused-ring (bicyclic) bond motifs is 5. The summed E-state index contributed by atoms with van der Waals surface area (Å²) in [5.74, 6) is 7.75. The summed E-state index contributed by atoms with van der Waals surface area (Å²) in [7, 11) is 0. The van der Waals surface area contributed by atoms with Crippen LogP contribution < -0.4 is 0 Å². The van der Waals surface area contributed by atoms with E-state index in [-0.39, 0.29) is 0 Å². The van der Waals surface area contributed by atoms with Crippen molar-refractivity contribution in [2.75, 3.05) is 0 Å². The van der Waals surface area contributed by atoms with Crippen LogP contribution >= 0.6 is 0 Å². The fourth-order valence-corrected chi connectivity index (χ4v) is 7.91. The van der Waals surface area contributed by atoms with Crippen LogP contribution in [0, 0.1) is 40.4 Å². The van der Waals surface area contributed by atoms with E-state index in [1.54, 1.807) is 0 Å². The van der Waals surface area contributed by atoms with E-state index in [4.69, 9.17) is 4.74 Å². The van der Waals surface area contributed by atoms with Gasteiger partial charge in [0.2, 0.25) is 0 Å². The first-order chi connectivity index (χ1) is 10.6. The maximum absolute atomic E-state index is 5.79. The minimum absolute atomic E-state index is 0.559. The lowest BCUT2D eigenvalue weighted by molar-refractivity contribution is -0.0965. The van der Waals surface area contributed by atoms with Crippen molar-refractivity contribution in [3.05, 3.63) is 11.5 Å². The summed E-state index contributed by atoms with van der Waals surface area (Å²) in [6.45, 7) is 7.73. The van der Waals surface area contributed by atoms with Gasteiger partial charge in [-0.05, 0) is 78.9 Å². The molecule has 0 N–H and O–H groups in total. The van der Waals surface area contributed by atoms with Crippen LogP contribution in [0.3, 0.4) is 0 Å². The molecule has 122 valence electrons. The first-order valence-electron chi connectivity index (χ1n) is 9.96. The fraction of sp³-hybridized carbons (Fsp3) is 0.905. The van der Waals surface area contributed by atoms with Crippen molar-refractivity contribution in [2.45, 2.75) is 78.6 Å². The molecular formula is C21H32O. The summed E-state index contributed by atoms with van der Waals surface area (Å²) >= 11 is 0. The highest BCUT2D eigenvalue weighted by molar-refractivity contribution is 5.26. The largest absolute Gasteiger partial charge is 0.459 e. The summed E-state index contributed by atoms with van der Waals surface area (Å²) in [5.41, 5.74) is 1.23. The molecule has 1 nitrogen and oxygen atoms in total. The van der Waals surface area contributed by atoms with E-state index in [1.807, 2.05) is 0 Å². The Morgan fingerprint density at radius 2 is 1.77 bits per heavy atom. The molecule has 0 bridgehead atoms. The van der Waals surface area contributed by atoms with Gasteiger partial charge in [0.15, 0.2) is 0 Å². The smallest absolute Gasteiger partial charge is 0.142 e. The predicted octanol–water partition coefficient (Wildman–Crippen LogP) is 5.91. The van der Waals surface area contributed by atoms with Gasteiger partial charge in [-0.3, -0.25) is 0 Å². The van der Waals surface area contributed by atoms with E-state index in [9.17, 15) is 0 Å². The van der Waals surface area contributed by atoms with Gasteiger partial charge in [-0.1, -0.05) is 27.2 Å². The molecule has 0 aromatic carbocycles. The Morgan fingerprint density at radius 3 is 2.59 bits per heavy atom. The first kappa shape index (κ1) is 13.9. The van der Waals surface area contributed by atoms with Crippen LogP contribution in [0.15, 0.2) is 11.5 Å². The number of rotatable bonds is 1. The number of hydrogen-bond acceptors (Lipinski definition) is 1. The van der Waals surface area contributed by atoms with Gasteiger partial charge in [-0.25, -0.2) is 0 Å². The van der Waals surface area contributed by atoms with Gasteiger partial charge in [0, 0.05) is 12.8 Å². The maximum atomic E-state index is 5.79. The number of ether oxygens (including phenoxy) is 1. The lowest BCUT2D eigenvalue weighted by Gasteiger charge is -2.59. The lowest BCUT2D eigenvalue weighted by Crippen LogP contribution is -2.52. The zero-order valence-corrected chi connectivity index (χ0v) is 14.7. The van der Waals surface area contributed by atoms with Gasteiger partial charge in [-0.15, -0.1) is 0 Å². The molecule has 3 fully saturated rings. The highest BCUT2D eigenvalue weighted by Gasteiger charge is 2.61. The second-order valence-electron chi connectivity index (χ2n) is 9.71. The molecule has 1 aliphatic heterocycles. The SMILES string of the molecule is CC[C@H]1CC[C@H]2[C@@H]3CCC4CC5=C(C[C@]4(C)[C@H]3CC[C@]12C)O5. The van der Waals surface area contributed by atoms with E-state index >= 15 is 0 Å². The van der Waals surface area contributed by atoms with Crippen LogP contribution in [0.1, 0.15) is 78.6 Å². The molecular weight excluding hydrogens is 268 g/mol. The second-order valence-corrected chi connectivity index (χ2v) is 9.71. The molecule has 5 rings (SSSR count). The van der Waals surface area contributed by atoms with Crippen molar-refractivity contribution < 1.29 is 4.74 Å². The van der Waals surface area contributed by atoms with Gasteiger partial charge >= 0.3 is 0 Å². The van der Waals surface area contributed by atoms with Gasteiger partial charge in [0.05, 0.1) is 0 Å². The Morgan fingerprint density at radius 1 is 0.955 bits per heavy atom. The van der Waals surface area contributed by atoms with E-state index in [2.05, 4.69) is 20.8 Å². The zero-order valence-electron chi connectivity index (χ0n) is 14.7. The molecule has 3 saturated carbocycles. The van der Waals surface area contributed by atoms with Gasteiger partial charge in [0.1, 0.15) is 11.5 Å². The minimum atomic E-state index is 0.559. The fourth-order valence-electron chi connectivity index (χ4n) is 7.91. The van der Waals surface area contributed by atoms with E-state index in [0.717, 1.165) is 29.6 Å². The third kappa shape index (κ3) is 1.61. The highest BCUT2D eigenvalue weighted by atomic mass is 16.6. The summed E-state index contributed by atoms with van der Waals surface area (Å²) < 4.78 is 5.79. The third-order valence-corrected chi connectivity index (χ3v) is 9.24. The molecule has 22 heavy (non-hydrogen) atoms. The molecule has 0 aromatic heterocycles. The zero-order chi connectivity index (χ0) is 15.1. The van der Waals surface area contributed by atoms with E-state index < -0.39 is 0 Å². The van der Waals surface area contributed by atoms with Crippen molar-refractivity contribution in [1.29, 1.82) is 0 Å². The molecule has 1 heterocycles. The first-order valence-corrected chi connectivity index (χ1v) is 9.96. The van der Waals surface area contributed by atoms with Crippen molar-refractivity contribution >= 4 is 0 Å². The van der Waals surface area contributed by atoms with Crippen LogP contribution in [0.5, 0.6) is 0 Å². The Hall–Kier alpha value is -0.460. The topological polar surface area (TPSA) is 12.5 Å². The molecule has 0 spiro atoms. The van der Waals surface area contributed by atoms with Crippen LogP contribution in [-0.4, -0.2) is 0 Å². The van der Waals surface area contributed by atoms with Gasteiger partial charge in [0.25, 0.3) is 0 Å². The summed E-state index contributed by atoms with van der Waals surface area (Å²) in [5, 5.41) is 0. The molecule has 1 heteroatoms. The van der Waals surface area contributed by atoms with Crippen molar-refractivity contribution in [3.8, 4) is 0 Å².